The van der Waals surface area contributed by atoms with Crippen LogP contribution in [0.25, 0.3) is 22.1 Å². The first-order chi connectivity index (χ1) is 25.8. The first-order valence-electron chi connectivity index (χ1n) is 16.7. The molecule has 2 saturated heterocycles. The molecule has 56 heavy (non-hydrogen) atoms. The highest BCUT2D eigenvalue weighted by molar-refractivity contribution is 9.09. The lowest BCUT2D eigenvalue weighted by molar-refractivity contribution is -0.145. The number of esters is 2. The molecule has 0 aliphatic carbocycles. The number of likely N-dealkylation sites (tertiary alicyclic amines) is 1. The fourth-order valence-electron chi connectivity index (χ4n) is 5.70. The third-order valence-corrected chi connectivity index (χ3v) is 8.86. The number of benzene rings is 2. The van der Waals surface area contributed by atoms with Crippen molar-refractivity contribution in [2.24, 2.45) is 0 Å². The highest BCUT2D eigenvalue weighted by Crippen LogP contribution is 2.41. The van der Waals surface area contributed by atoms with Crippen molar-refractivity contribution < 1.29 is 55.6 Å². The van der Waals surface area contributed by atoms with Crippen molar-refractivity contribution in [3.05, 3.63) is 59.9 Å². The van der Waals surface area contributed by atoms with E-state index < -0.39 is 69.0 Å². The summed E-state index contributed by atoms with van der Waals surface area (Å²) in [6.07, 6.45) is -1.70. The summed E-state index contributed by atoms with van der Waals surface area (Å²) in [7, 11) is 2.48. The van der Waals surface area contributed by atoms with E-state index in [1.54, 1.807) is 69.3 Å². The zero-order valence-electron chi connectivity index (χ0n) is 30.4. The number of ether oxygens (including phenoxy) is 5. The Morgan fingerprint density at radius 2 is 1.18 bits per heavy atom. The molecule has 14 nitrogen and oxygen atoms in total. The van der Waals surface area contributed by atoms with Crippen molar-refractivity contribution in [3.63, 3.8) is 0 Å². The number of para-hydroxylation sites is 4. The Hall–Kier alpha value is -4.14. The molecule has 2 fully saturated rings. The Balaban J connectivity index is 0.000000252. The number of hydrogen-bond donors (Lipinski definition) is 1. The van der Waals surface area contributed by atoms with E-state index in [0.717, 1.165) is 0 Å². The number of amides is 1. The first kappa shape index (κ1) is 44.6. The van der Waals surface area contributed by atoms with E-state index in [2.05, 4.69) is 61.8 Å². The van der Waals surface area contributed by atoms with Gasteiger partial charge in [0, 0.05) is 19.4 Å². The lowest BCUT2D eigenvalue weighted by Crippen LogP contribution is -2.44. The fraction of sp³-hybridized carbons (Fsp3) is 0.457. The average molecular weight is 941 g/mol. The molecule has 0 saturated carbocycles. The molecule has 304 valence electrons. The Kier molecular flexibility index (Phi) is 14.3. The average Bonchev–Trinajstić information content (AvgIpc) is 3.77. The number of hydrogen-bond acceptors (Lipinski definition) is 13. The van der Waals surface area contributed by atoms with Crippen LogP contribution in [-0.2, 0) is 33.5 Å². The van der Waals surface area contributed by atoms with Gasteiger partial charge in [-0.2, -0.15) is 17.6 Å². The summed E-state index contributed by atoms with van der Waals surface area (Å²) in [5, 5.41) is 2.93. The van der Waals surface area contributed by atoms with Crippen LogP contribution in [0.2, 0.25) is 0 Å². The second kappa shape index (κ2) is 18.0. The van der Waals surface area contributed by atoms with Gasteiger partial charge in [0.05, 0.1) is 42.8 Å². The van der Waals surface area contributed by atoms with E-state index in [4.69, 9.17) is 18.9 Å². The molecule has 0 bridgehead atoms. The molecule has 0 spiro atoms. The van der Waals surface area contributed by atoms with Gasteiger partial charge in [-0.1, -0.05) is 24.3 Å². The maximum Gasteiger partial charge on any atom is 0.411 e. The molecule has 2 aliphatic heterocycles. The van der Waals surface area contributed by atoms with Gasteiger partial charge in [-0.3, -0.25) is 9.69 Å². The second-order valence-electron chi connectivity index (χ2n) is 13.3. The van der Waals surface area contributed by atoms with Gasteiger partial charge in [-0.05, 0) is 76.9 Å². The van der Waals surface area contributed by atoms with Crippen molar-refractivity contribution in [1.82, 2.24) is 30.2 Å². The maximum absolute atomic E-state index is 14.1. The molecule has 21 heteroatoms. The minimum Gasteiger partial charge on any atom is -0.471 e. The van der Waals surface area contributed by atoms with Gasteiger partial charge in [-0.15, -0.1) is 12.4 Å². The number of fused-ring (bicyclic) bond motifs is 2. The van der Waals surface area contributed by atoms with Crippen LogP contribution in [0.1, 0.15) is 45.0 Å². The number of aromatic nitrogens is 4. The summed E-state index contributed by atoms with van der Waals surface area (Å²) < 4.78 is 82.1. The van der Waals surface area contributed by atoms with Crippen LogP contribution in [0.5, 0.6) is 11.8 Å². The molecule has 0 radical (unpaired) electrons. The molecule has 4 heterocycles. The quantitative estimate of drug-likeness (QED) is 0.0852. The molecule has 2 aliphatic rings. The number of nitrogens with zero attached hydrogens (tertiary/aromatic N) is 5. The standard InChI is InChI=1S/C20H22BrF2N3O5.C15H14BrF2N3O3.ClH/c1-19(2,3)31-18(28)26-10-11(9-14(26)17(27)29-4)30-16-15(20(21,22)23)24-12-7-5-6-8-13(12)25-16;1-23-14(22)11-6-8(7-19-11)24-13-12(15(16,17)18)20-9-4-2-3-5-10(9)21-13;/h5-8,11,14H,9-10H2,1-4H3;2-5,8,11,19H,6-7H2,1H3;1H/t11-,14+;8-,11+;/m11./s1. The van der Waals surface area contributed by atoms with Crippen LogP contribution in [0.3, 0.4) is 0 Å². The summed E-state index contributed by atoms with van der Waals surface area (Å²) in [4.78, 5) is 46.9. The number of carbonyl (C=O) groups is 3. The molecule has 4 atom stereocenters. The lowest BCUT2D eigenvalue weighted by Gasteiger charge is -2.27. The van der Waals surface area contributed by atoms with Crippen molar-refractivity contribution in [2.75, 3.05) is 27.3 Å². The highest BCUT2D eigenvalue weighted by atomic mass is 79.9. The minimum atomic E-state index is -3.50. The molecule has 4 aromatic rings. The second-order valence-corrected chi connectivity index (χ2v) is 15.3. The normalized spacial score (nSPS) is 19.7. The van der Waals surface area contributed by atoms with Crippen LogP contribution < -0.4 is 14.8 Å². The topological polar surface area (TPSA) is 164 Å². The molecule has 1 amide bonds. The van der Waals surface area contributed by atoms with Gasteiger partial charge in [0.1, 0.15) is 29.9 Å². The number of halogens is 7. The van der Waals surface area contributed by atoms with Gasteiger partial charge >= 0.3 is 27.7 Å². The number of nitrogens with one attached hydrogen (secondary N) is 1. The molecule has 2 aromatic heterocycles. The Bertz CT molecular complexity index is 2060. The molecule has 0 unspecified atom stereocenters. The number of methoxy groups -OCH3 is 2. The van der Waals surface area contributed by atoms with Gasteiger partial charge in [0.15, 0.2) is 11.4 Å². The lowest BCUT2D eigenvalue weighted by atomic mass is 10.2. The van der Waals surface area contributed by atoms with Crippen LogP contribution in [0, 0.1) is 0 Å². The van der Waals surface area contributed by atoms with Gasteiger partial charge < -0.3 is 29.0 Å². The molecule has 6 rings (SSSR count). The van der Waals surface area contributed by atoms with E-state index in [1.807, 2.05) is 0 Å². The summed E-state index contributed by atoms with van der Waals surface area (Å²) >= 11 is 4.63. The molecular weight excluding hydrogens is 904 g/mol. The SMILES string of the molecule is COC(=O)[C@@H]1C[C@@H](Oc2nc3ccccc3nc2C(F)(F)Br)CN1.COC(=O)[C@@H]1C[C@@H](Oc2nc3ccccc3nc2C(F)(F)Br)CN1C(=O)OC(C)(C)C.Cl. The third kappa shape index (κ3) is 11.0. The van der Waals surface area contributed by atoms with Crippen LogP contribution in [0.15, 0.2) is 48.5 Å². The summed E-state index contributed by atoms with van der Waals surface area (Å²) in [5.41, 5.74) is -0.646. The Morgan fingerprint density at radius 3 is 1.61 bits per heavy atom. The number of carbonyl (C=O) groups excluding carboxylic acids is 3. The first-order valence-corrected chi connectivity index (χ1v) is 18.3. The minimum absolute atomic E-state index is 0. The van der Waals surface area contributed by atoms with Gasteiger partial charge in [0.25, 0.3) is 0 Å². The van der Waals surface area contributed by atoms with E-state index >= 15 is 0 Å². The maximum atomic E-state index is 14.1. The summed E-state index contributed by atoms with van der Waals surface area (Å²) in [6, 6.07) is 11.7. The Labute approximate surface area is 341 Å². The van der Waals surface area contributed by atoms with E-state index in [0.29, 0.717) is 29.5 Å². The largest absolute Gasteiger partial charge is 0.471 e. The monoisotopic (exact) mass is 938 g/mol. The highest BCUT2D eigenvalue weighted by Gasteiger charge is 2.45. The van der Waals surface area contributed by atoms with Crippen molar-refractivity contribution in [1.29, 1.82) is 0 Å². The summed E-state index contributed by atoms with van der Waals surface area (Å²) in [5.74, 6) is -1.72. The summed E-state index contributed by atoms with van der Waals surface area (Å²) in [6.45, 7) is 5.32. The van der Waals surface area contributed by atoms with E-state index in [1.165, 1.54) is 19.1 Å². The fourth-order valence-corrected chi connectivity index (χ4v) is 6.21. The zero-order chi connectivity index (χ0) is 40.3. The Morgan fingerprint density at radius 1 is 0.732 bits per heavy atom. The number of alkyl halides is 6. The van der Waals surface area contributed by atoms with E-state index in [-0.39, 0.29) is 42.6 Å². The van der Waals surface area contributed by atoms with Gasteiger partial charge in [0.2, 0.25) is 11.8 Å². The number of rotatable bonds is 8. The zero-order valence-corrected chi connectivity index (χ0v) is 34.4. The van der Waals surface area contributed by atoms with Crippen molar-refractivity contribution in [2.45, 2.75) is 73.2 Å². The van der Waals surface area contributed by atoms with Crippen LogP contribution >= 0.6 is 44.3 Å². The molecule has 1 N–H and O–H groups in total. The third-order valence-electron chi connectivity index (χ3n) is 8.11. The van der Waals surface area contributed by atoms with Crippen LogP contribution in [0.4, 0.5) is 22.4 Å². The molecular formula is C35H37Br2ClF4N6O8. The van der Waals surface area contributed by atoms with E-state index in [9.17, 15) is 31.9 Å². The van der Waals surface area contributed by atoms with Gasteiger partial charge in [-0.25, -0.2) is 29.5 Å². The molecule has 2 aromatic carbocycles. The smallest absolute Gasteiger partial charge is 0.411 e. The van der Waals surface area contributed by atoms with Crippen LogP contribution in [-0.4, -0.2) is 100 Å². The van der Waals surface area contributed by atoms with Crippen molar-refractivity contribution >= 4 is 84.4 Å². The predicted octanol–water partition coefficient (Wildman–Crippen LogP) is 6.78. The predicted molar refractivity (Wildman–Crippen MR) is 203 cm³/mol. The van der Waals surface area contributed by atoms with Crippen molar-refractivity contribution in [3.8, 4) is 11.8 Å².